The highest BCUT2D eigenvalue weighted by atomic mass is 19.1. The van der Waals surface area contributed by atoms with Crippen molar-refractivity contribution in [3.63, 3.8) is 0 Å². The van der Waals surface area contributed by atoms with Gasteiger partial charge < -0.3 is 11.1 Å². The number of nitrogens with two attached hydrogens (primary N) is 1. The van der Waals surface area contributed by atoms with Gasteiger partial charge >= 0.3 is 0 Å². The molecule has 3 heteroatoms. The first-order valence-corrected chi connectivity index (χ1v) is 3.26. The molecular weight excluding hydrogens is 131 g/mol. The van der Waals surface area contributed by atoms with E-state index in [2.05, 4.69) is 5.32 Å². The maximum absolute atomic E-state index is 12.7. The van der Waals surface area contributed by atoms with Crippen molar-refractivity contribution in [3.8, 4) is 0 Å². The van der Waals surface area contributed by atoms with Gasteiger partial charge in [0, 0.05) is 19.2 Å². The summed E-state index contributed by atoms with van der Waals surface area (Å²) in [5, 5.41) is 2.73. The average Bonchev–Trinajstić information content (AvgIpc) is 1.94. The third-order valence-electron chi connectivity index (χ3n) is 1.52. The van der Waals surface area contributed by atoms with Crippen molar-refractivity contribution >= 4 is 0 Å². The Hall–Kier alpha value is -0.990. The van der Waals surface area contributed by atoms with Crippen molar-refractivity contribution < 1.29 is 4.39 Å². The van der Waals surface area contributed by atoms with Gasteiger partial charge in [0.1, 0.15) is 5.83 Å². The number of hydrogen-bond acceptors (Lipinski definition) is 2. The molecule has 0 atom stereocenters. The molecule has 0 unspecified atom stereocenters. The molecule has 0 saturated heterocycles. The lowest BCUT2D eigenvalue weighted by Crippen LogP contribution is -2.12. The lowest BCUT2D eigenvalue weighted by Gasteiger charge is -2.11. The quantitative estimate of drug-likeness (QED) is 0.573. The van der Waals surface area contributed by atoms with E-state index in [1.54, 1.807) is 13.1 Å². The van der Waals surface area contributed by atoms with Crippen molar-refractivity contribution in [2.75, 3.05) is 7.05 Å². The van der Waals surface area contributed by atoms with Gasteiger partial charge in [0.25, 0.3) is 0 Å². The summed E-state index contributed by atoms with van der Waals surface area (Å²) in [5.41, 5.74) is 6.74. The Morgan fingerprint density at radius 1 is 1.60 bits per heavy atom. The van der Waals surface area contributed by atoms with E-state index in [-0.39, 0.29) is 5.83 Å². The van der Waals surface area contributed by atoms with Gasteiger partial charge in [0.05, 0.1) is 5.70 Å². The van der Waals surface area contributed by atoms with Gasteiger partial charge in [-0.3, -0.25) is 0 Å². The normalized spacial score (nSPS) is 18.8. The molecule has 1 rings (SSSR count). The lowest BCUT2D eigenvalue weighted by molar-refractivity contribution is 0.561. The van der Waals surface area contributed by atoms with E-state index in [9.17, 15) is 4.39 Å². The van der Waals surface area contributed by atoms with Crippen LogP contribution in [0.4, 0.5) is 4.39 Å². The summed E-state index contributed by atoms with van der Waals surface area (Å²) in [7, 11) is 1.68. The summed E-state index contributed by atoms with van der Waals surface area (Å²) >= 11 is 0. The first kappa shape index (κ1) is 7.12. The van der Waals surface area contributed by atoms with Gasteiger partial charge in [0.2, 0.25) is 0 Å². The van der Waals surface area contributed by atoms with E-state index in [1.165, 1.54) is 0 Å². The Morgan fingerprint density at radius 2 is 2.30 bits per heavy atom. The highest BCUT2D eigenvalue weighted by Crippen LogP contribution is 2.19. The van der Waals surface area contributed by atoms with Gasteiger partial charge in [-0.1, -0.05) is 0 Å². The van der Waals surface area contributed by atoms with E-state index in [0.717, 1.165) is 5.70 Å². The van der Waals surface area contributed by atoms with Crippen LogP contribution in [0.3, 0.4) is 0 Å². The van der Waals surface area contributed by atoms with Crippen molar-refractivity contribution in [1.29, 1.82) is 0 Å². The van der Waals surface area contributed by atoms with Crippen LogP contribution in [0.1, 0.15) is 12.8 Å². The Bertz CT molecular complexity index is 194. The van der Waals surface area contributed by atoms with Crippen LogP contribution in [0.15, 0.2) is 23.3 Å². The smallest absolute Gasteiger partial charge is 0.123 e. The Balaban J connectivity index is 2.82. The van der Waals surface area contributed by atoms with Crippen LogP contribution in [-0.2, 0) is 0 Å². The maximum Gasteiger partial charge on any atom is 0.123 e. The predicted molar refractivity (Wildman–Crippen MR) is 38.7 cm³/mol. The molecule has 0 saturated carbocycles. The van der Waals surface area contributed by atoms with Crippen LogP contribution in [0, 0.1) is 0 Å². The molecule has 0 amide bonds. The van der Waals surface area contributed by atoms with E-state index < -0.39 is 0 Å². The molecule has 1 aliphatic carbocycles. The largest absolute Gasteiger partial charge is 0.402 e. The summed E-state index contributed by atoms with van der Waals surface area (Å²) in [6, 6.07) is 0. The van der Waals surface area contributed by atoms with Gasteiger partial charge in [-0.2, -0.15) is 0 Å². The zero-order chi connectivity index (χ0) is 7.56. The predicted octanol–water partition coefficient (Wildman–Crippen LogP) is 1.02. The molecule has 0 aromatic heterocycles. The fourth-order valence-corrected chi connectivity index (χ4v) is 0.932. The number of allylic oxidation sites excluding steroid dienone is 3. The second-order valence-electron chi connectivity index (χ2n) is 2.29. The molecule has 3 N–H and O–H groups in total. The summed E-state index contributed by atoms with van der Waals surface area (Å²) in [6.45, 7) is 0. The minimum atomic E-state index is -0.100. The van der Waals surface area contributed by atoms with E-state index in [1.807, 2.05) is 0 Å². The SMILES string of the molecule is CNC1=C(F)CCC(N)=C1. The lowest BCUT2D eigenvalue weighted by atomic mass is 10.1. The molecular formula is C7H11FN2. The Morgan fingerprint density at radius 3 is 2.80 bits per heavy atom. The summed E-state index contributed by atoms with van der Waals surface area (Å²) in [5.74, 6) is -0.100. The highest BCUT2D eigenvalue weighted by Gasteiger charge is 2.09. The molecule has 56 valence electrons. The number of halogens is 1. The van der Waals surface area contributed by atoms with Crippen molar-refractivity contribution in [2.45, 2.75) is 12.8 Å². The van der Waals surface area contributed by atoms with Crippen molar-refractivity contribution in [3.05, 3.63) is 23.3 Å². The number of rotatable bonds is 1. The van der Waals surface area contributed by atoms with Crippen molar-refractivity contribution in [1.82, 2.24) is 5.32 Å². The van der Waals surface area contributed by atoms with Crippen LogP contribution >= 0.6 is 0 Å². The Labute approximate surface area is 59.6 Å². The van der Waals surface area contributed by atoms with Gasteiger partial charge in [-0.05, 0) is 12.5 Å². The number of nitrogens with one attached hydrogen (secondary N) is 1. The molecule has 0 radical (unpaired) electrons. The van der Waals surface area contributed by atoms with E-state index in [4.69, 9.17) is 5.73 Å². The maximum atomic E-state index is 12.7. The standard InChI is InChI=1S/C7H11FN2/c1-10-7-4-5(9)2-3-6(7)8/h4,10H,2-3,9H2,1H3. The second kappa shape index (κ2) is 2.73. The zero-order valence-electron chi connectivity index (χ0n) is 5.95. The van der Waals surface area contributed by atoms with Crippen molar-refractivity contribution in [2.24, 2.45) is 5.73 Å². The van der Waals surface area contributed by atoms with Crippen LogP contribution in [-0.4, -0.2) is 7.05 Å². The Kier molecular flexibility index (Phi) is 1.94. The van der Waals surface area contributed by atoms with Gasteiger partial charge in [-0.25, -0.2) is 4.39 Å². The molecule has 0 aliphatic heterocycles. The molecule has 1 aliphatic rings. The molecule has 0 aromatic rings. The third kappa shape index (κ3) is 1.29. The van der Waals surface area contributed by atoms with E-state index in [0.29, 0.717) is 18.5 Å². The van der Waals surface area contributed by atoms with Gasteiger partial charge in [0.15, 0.2) is 0 Å². The fourth-order valence-electron chi connectivity index (χ4n) is 0.932. The third-order valence-corrected chi connectivity index (χ3v) is 1.52. The van der Waals surface area contributed by atoms with E-state index >= 15 is 0 Å². The molecule has 2 nitrogen and oxygen atoms in total. The minimum absolute atomic E-state index is 0.100. The summed E-state index contributed by atoms with van der Waals surface area (Å²) in [6.07, 6.45) is 2.70. The van der Waals surface area contributed by atoms with Crippen LogP contribution < -0.4 is 11.1 Å². The zero-order valence-corrected chi connectivity index (χ0v) is 5.95. The molecule has 0 spiro atoms. The average molecular weight is 142 g/mol. The minimum Gasteiger partial charge on any atom is -0.402 e. The van der Waals surface area contributed by atoms with Crippen LogP contribution in [0.25, 0.3) is 0 Å². The fraction of sp³-hybridized carbons (Fsp3) is 0.429. The molecule has 10 heavy (non-hydrogen) atoms. The first-order valence-electron chi connectivity index (χ1n) is 3.26. The van der Waals surface area contributed by atoms with Gasteiger partial charge in [-0.15, -0.1) is 0 Å². The topological polar surface area (TPSA) is 38.0 Å². The first-order chi connectivity index (χ1) is 4.74. The number of hydrogen-bond donors (Lipinski definition) is 2. The molecule has 0 heterocycles. The molecule has 0 aromatic carbocycles. The van der Waals surface area contributed by atoms with Crippen LogP contribution in [0.2, 0.25) is 0 Å². The highest BCUT2D eigenvalue weighted by molar-refractivity contribution is 5.27. The molecule has 0 fully saturated rings. The monoisotopic (exact) mass is 142 g/mol. The second-order valence-corrected chi connectivity index (χ2v) is 2.29. The number of likely N-dealkylation sites (N-methyl/N-ethyl adjacent to an activating group) is 1. The summed E-state index contributed by atoms with van der Waals surface area (Å²) < 4.78 is 12.7. The summed E-state index contributed by atoms with van der Waals surface area (Å²) in [4.78, 5) is 0. The molecule has 0 bridgehead atoms. The van der Waals surface area contributed by atoms with Crippen LogP contribution in [0.5, 0.6) is 0 Å².